The molecule has 0 heterocycles. The van der Waals surface area contributed by atoms with E-state index < -0.39 is 13.7 Å². The molecule has 1 unspecified atom stereocenters. The molecule has 17 heavy (non-hydrogen) atoms. The first-order valence-electron chi connectivity index (χ1n) is 5.89. The van der Waals surface area contributed by atoms with E-state index in [0.717, 1.165) is 17.9 Å². The molecule has 0 aliphatic carbocycles. The predicted molar refractivity (Wildman–Crippen MR) is 72.2 cm³/mol. The number of carbonyl (C=O) groups is 1. The number of rotatable bonds is 6. The summed E-state index contributed by atoms with van der Waals surface area (Å²) in [5.41, 5.74) is 6.89. The van der Waals surface area contributed by atoms with Crippen molar-refractivity contribution in [1.29, 1.82) is 0 Å². The zero-order chi connectivity index (χ0) is 12.7. The van der Waals surface area contributed by atoms with Crippen LogP contribution >= 0.6 is 7.92 Å². The number of esters is 1. The molecule has 4 heteroatoms. The van der Waals surface area contributed by atoms with Gasteiger partial charge in [-0.15, -0.1) is 0 Å². The Bertz CT molecular complexity index is 339. The lowest BCUT2D eigenvalue weighted by Crippen LogP contribution is -2.31. The summed E-state index contributed by atoms with van der Waals surface area (Å²) in [6, 6.07) is 9.65. The highest BCUT2D eigenvalue weighted by Crippen LogP contribution is 2.38. The zero-order valence-electron chi connectivity index (χ0n) is 10.4. The molecule has 0 saturated heterocycles. The van der Waals surface area contributed by atoms with Gasteiger partial charge in [-0.2, -0.15) is 0 Å². The normalized spacial score (nSPS) is 12.5. The van der Waals surface area contributed by atoms with Gasteiger partial charge in [0.25, 0.3) is 0 Å². The maximum Gasteiger partial charge on any atom is 0.327 e. The van der Waals surface area contributed by atoms with Gasteiger partial charge in [-0.3, -0.25) is 0 Å². The predicted octanol–water partition coefficient (Wildman–Crippen LogP) is 2.54. The van der Waals surface area contributed by atoms with E-state index in [1.54, 1.807) is 0 Å². The van der Waals surface area contributed by atoms with Crippen LogP contribution in [0.3, 0.4) is 0 Å². The van der Waals surface area contributed by atoms with Crippen LogP contribution in [0.4, 0.5) is 0 Å². The lowest BCUT2D eigenvalue weighted by molar-refractivity contribution is -0.144. The van der Waals surface area contributed by atoms with Gasteiger partial charge in [0, 0.05) is 0 Å². The Hall–Kier alpha value is -0.920. The monoisotopic (exact) mass is 253 g/mol. The van der Waals surface area contributed by atoms with Gasteiger partial charge in [0.2, 0.25) is 0 Å². The van der Waals surface area contributed by atoms with Gasteiger partial charge in [0.05, 0.1) is 0 Å². The fraction of sp³-hybridized carbons (Fsp3) is 0.462. The summed E-state index contributed by atoms with van der Waals surface area (Å²) in [7, 11) is -0.434. The van der Waals surface area contributed by atoms with Crippen molar-refractivity contribution in [2.75, 3.05) is 12.3 Å². The summed E-state index contributed by atoms with van der Waals surface area (Å²) < 4.78 is 5.23. The standard InChI is InChI=1S/C13H20NO2P/c1-3-17(4-2)12(14)13(15)16-10-11-8-6-5-7-9-11/h5-9,12H,3-4,10,14H2,1-2H3. The van der Waals surface area contributed by atoms with Crippen molar-refractivity contribution in [3.63, 3.8) is 0 Å². The van der Waals surface area contributed by atoms with Crippen molar-refractivity contribution < 1.29 is 9.53 Å². The number of nitrogens with two attached hydrogens (primary N) is 1. The molecule has 0 aliphatic heterocycles. The molecule has 0 radical (unpaired) electrons. The molecule has 1 atom stereocenters. The van der Waals surface area contributed by atoms with Crippen LogP contribution in [0.2, 0.25) is 0 Å². The maximum atomic E-state index is 11.7. The Kier molecular flexibility index (Phi) is 6.17. The highest BCUT2D eigenvalue weighted by atomic mass is 31.1. The van der Waals surface area contributed by atoms with Gasteiger partial charge in [0.15, 0.2) is 0 Å². The molecule has 1 rings (SSSR count). The SMILES string of the molecule is CCP(CC)C(N)C(=O)OCc1ccccc1. The molecule has 2 N–H and O–H groups in total. The average molecular weight is 253 g/mol. The van der Waals surface area contributed by atoms with Crippen molar-refractivity contribution >= 4 is 13.9 Å². The van der Waals surface area contributed by atoms with E-state index in [-0.39, 0.29) is 5.97 Å². The van der Waals surface area contributed by atoms with Gasteiger partial charge >= 0.3 is 5.97 Å². The number of hydrogen-bond acceptors (Lipinski definition) is 3. The number of benzene rings is 1. The van der Waals surface area contributed by atoms with Crippen molar-refractivity contribution in [1.82, 2.24) is 0 Å². The topological polar surface area (TPSA) is 52.3 Å². The Morgan fingerprint density at radius 3 is 2.41 bits per heavy atom. The summed E-state index contributed by atoms with van der Waals surface area (Å²) in [5, 5.41) is 0. The molecule has 1 aromatic rings. The zero-order valence-corrected chi connectivity index (χ0v) is 11.3. The minimum Gasteiger partial charge on any atom is -0.459 e. The summed E-state index contributed by atoms with van der Waals surface area (Å²) in [6.45, 7) is 4.45. The number of carbonyl (C=O) groups excluding carboxylic acids is 1. The summed E-state index contributed by atoms with van der Waals surface area (Å²) in [5.74, 6) is -0.715. The van der Waals surface area contributed by atoms with Crippen LogP contribution < -0.4 is 5.73 Å². The van der Waals surface area contributed by atoms with Gasteiger partial charge in [0.1, 0.15) is 12.4 Å². The molecule has 0 bridgehead atoms. The molecule has 94 valence electrons. The summed E-state index contributed by atoms with van der Waals surface area (Å²) in [6.07, 6.45) is 1.93. The van der Waals surface area contributed by atoms with Gasteiger partial charge in [-0.1, -0.05) is 52.1 Å². The second-order valence-electron chi connectivity index (χ2n) is 3.76. The summed E-state index contributed by atoms with van der Waals surface area (Å²) >= 11 is 0. The van der Waals surface area contributed by atoms with Gasteiger partial charge < -0.3 is 10.5 Å². The molecule has 3 nitrogen and oxygen atoms in total. The number of ether oxygens (including phenoxy) is 1. The first-order chi connectivity index (χ1) is 8.19. The lowest BCUT2D eigenvalue weighted by Gasteiger charge is -2.20. The third-order valence-electron chi connectivity index (χ3n) is 2.67. The largest absolute Gasteiger partial charge is 0.459 e. The Balaban J connectivity index is 2.44. The van der Waals surface area contributed by atoms with E-state index in [2.05, 4.69) is 13.8 Å². The van der Waals surface area contributed by atoms with Crippen LogP contribution in [0.5, 0.6) is 0 Å². The van der Waals surface area contributed by atoms with E-state index >= 15 is 0 Å². The molecule has 0 saturated carbocycles. The second kappa shape index (κ2) is 7.41. The van der Waals surface area contributed by atoms with Crippen LogP contribution in [0.1, 0.15) is 19.4 Å². The third kappa shape index (κ3) is 4.45. The molecular weight excluding hydrogens is 233 g/mol. The fourth-order valence-corrected chi connectivity index (χ4v) is 3.19. The first-order valence-corrected chi connectivity index (χ1v) is 7.67. The quantitative estimate of drug-likeness (QED) is 0.626. The molecule has 1 aromatic carbocycles. The van der Waals surface area contributed by atoms with Crippen molar-refractivity contribution in [3.8, 4) is 0 Å². The van der Waals surface area contributed by atoms with E-state index in [1.165, 1.54) is 0 Å². The Morgan fingerprint density at radius 1 is 1.29 bits per heavy atom. The van der Waals surface area contributed by atoms with Crippen molar-refractivity contribution in [2.45, 2.75) is 26.2 Å². The molecule has 0 fully saturated rings. The molecule has 0 aromatic heterocycles. The minimum atomic E-state index is -0.441. The fourth-order valence-electron chi connectivity index (χ4n) is 1.58. The number of hydrogen-bond donors (Lipinski definition) is 1. The smallest absolute Gasteiger partial charge is 0.327 e. The van der Waals surface area contributed by atoms with Crippen LogP contribution in [0, 0.1) is 0 Å². The maximum absolute atomic E-state index is 11.7. The van der Waals surface area contributed by atoms with E-state index in [0.29, 0.717) is 6.61 Å². The molecule has 0 spiro atoms. The van der Waals surface area contributed by atoms with E-state index in [4.69, 9.17) is 10.5 Å². The van der Waals surface area contributed by atoms with E-state index in [9.17, 15) is 4.79 Å². The second-order valence-corrected chi connectivity index (χ2v) is 6.76. The first kappa shape index (κ1) is 14.1. The highest BCUT2D eigenvalue weighted by molar-refractivity contribution is 7.59. The van der Waals surface area contributed by atoms with Gasteiger partial charge in [-0.25, -0.2) is 4.79 Å². The van der Waals surface area contributed by atoms with Crippen LogP contribution in [-0.4, -0.2) is 24.1 Å². The minimum absolute atomic E-state index is 0.274. The van der Waals surface area contributed by atoms with Crippen LogP contribution in [0.15, 0.2) is 30.3 Å². The highest BCUT2D eigenvalue weighted by Gasteiger charge is 2.22. The Morgan fingerprint density at radius 2 is 1.88 bits per heavy atom. The van der Waals surface area contributed by atoms with Crippen LogP contribution in [0.25, 0.3) is 0 Å². The summed E-state index contributed by atoms with van der Waals surface area (Å²) in [4.78, 5) is 11.7. The molecule has 0 amide bonds. The molecule has 0 aliphatic rings. The van der Waals surface area contributed by atoms with E-state index in [1.807, 2.05) is 30.3 Å². The third-order valence-corrected chi connectivity index (χ3v) is 5.29. The van der Waals surface area contributed by atoms with Crippen LogP contribution in [-0.2, 0) is 16.1 Å². The lowest BCUT2D eigenvalue weighted by atomic mass is 10.2. The average Bonchev–Trinajstić information content (AvgIpc) is 2.38. The van der Waals surface area contributed by atoms with Crippen molar-refractivity contribution in [3.05, 3.63) is 35.9 Å². The Labute approximate surface area is 104 Å². The molecular formula is C13H20NO2P. The van der Waals surface area contributed by atoms with Gasteiger partial charge in [-0.05, 0) is 17.9 Å². The van der Waals surface area contributed by atoms with Crippen molar-refractivity contribution in [2.24, 2.45) is 5.73 Å².